The van der Waals surface area contributed by atoms with E-state index in [1.807, 2.05) is 11.8 Å². The molecule has 2 rings (SSSR count). The van der Waals surface area contributed by atoms with Crippen molar-refractivity contribution in [1.82, 2.24) is 0 Å². The number of unbranched alkanes of at least 4 members (excludes halogenated alkanes) is 12. The third kappa shape index (κ3) is 9.59. The summed E-state index contributed by atoms with van der Waals surface area (Å²) in [7, 11) is 2.18. The summed E-state index contributed by atoms with van der Waals surface area (Å²) in [5.74, 6) is 0. The van der Waals surface area contributed by atoms with E-state index in [1.54, 1.807) is 0 Å². The Morgan fingerprint density at radius 3 is 1.83 bits per heavy atom. The lowest BCUT2D eigenvalue weighted by molar-refractivity contribution is -0.683. The highest BCUT2D eigenvalue weighted by atomic mass is 127. The number of fused-ring (bicyclic) bond motifs is 1. The van der Waals surface area contributed by atoms with Gasteiger partial charge in [-0.15, -0.1) is 0 Å². The van der Waals surface area contributed by atoms with Crippen molar-refractivity contribution in [2.24, 2.45) is 7.05 Å². The Hall–Kier alpha value is -0.290. The first-order valence-corrected chi connectivity index (χ1v) is 12.9. The fourth-order valence-electron chi connectivity index (χ4n) is 4.22. The Kier molecular flexibility index (Phi) is 15.1. The van der Waals surface area contributed by atoms with Crippen LogP contribution in [-0.4, -0.2) is 6.26 Å². The zero-order valence-electron chi connectivity index (χ0n) is 19.0. The van der Waals surface area contributed by atoms with Gasteiger partial charge < -0.3 is 24.0 Å². The van der Waals surface area contributed by atoms with Gasteiger partial charge in [0.1, 0.15) is 7.05 Å². The van der Waals surface area contributed by atoms with Crippen LogP contribution in [0.25, 0.3) is 10.9 Å². The molecule has 0 saturated heterocycles. The maximum atomic E-state index is 2.41. The molecule has 1 aromatic heterocycles. The molecule has 0 aliphatic rings. The zero-order chi connectivity index (χ0) is 20.0. The standard InChI is InChI=1S/C26H42NS.HI/c1-4-5-6-7-8-9-10-11-12-13-14-15-16-19-23-22-26(28-3)27(2)25-21-18-17-20-24(23)25;/h17-18,20-22H,4-16,19H2,1-3H3;1H/q+1;/p-1. The molecule has 0 aliphatic heterocycles. The van der Waals surface area contributed by atoms with Crippen LogP contribution >= 0.6 is 11.8 Å². The summed E-state index contributed by atoms with van der Waals surface area (Å²) in [6.45, 7) is 2.30. The second-order valence-corrected chi connectivity index (χ2v) is 9.11. The number of pyridine rings is 1. The van der Waals surface area contributed by atoms with E-state index in [4.69, 9.17) is 0 Å². The molecule has 0 unspecified atom stereocenters. The Labute approximate surface area is 201 Å². The molecule has 0 aliphatic carbocycles. The fourth-order valence-corrected chi connectivity index (χ4v) is 4.85. The summed E-state index contributed by atoms with van der Waals surface area (Å²) < 4.78 is 2.33. The first-order valence-electron chi connectivity index (χ1n) is 11.7. The van der Waals surface area contributed by atoms with Crippen molar-refractivity contribution in [3.05, 3.63) is 35.9 Å². The summed E-state index contributed by atoms with van der Waals surface area (Å²) in [6.07, 6.45) is 21.9. The summed E-state index contributed by atoms with van der Waals surface area (Å²) in [5, 5.41) is 2.80. The highest BCUT2D eigenvalue weighted by Gasteiger charge is 2.14. The van der Waals surface area contributed by atoms with Gasteiger partial charge in [0.05, 0.1) is 0 Å². The van der Waals surface area contributed by atoms with Crippen LogP contribution in [0.4, 0.5) is 0 Å². The molecule has 0 saturated carbocycles. The van der Waals surface area contributed by atoms with Gasteiger partial charge >= 0.3 is 0 Å². The highest BCUT2D eigenvalue weighted by Crippen LogP contribution is 2.23. The average molecular weight is 528 g/mol. The number of rotatable bonds is 15. The molecular formula is C26H42INS. The molecule has 0 amide bonds. The number of hydrogen-bond donors (Lipinski definition) is 0. The highest BCUT2D eigenvalue weighted by molar-refractivity contribution is 7.98. The minimum Gasteiger partial charge on any atom is -1.00 e. The van der Waals surface area contributed by atoms with Gasteiger partial charge in [-0.2, -0.15) is 4.57 Å². The molecule has 1 heterocycles. The third-order valence-corrected chi connectivity index (χ3v) is 6.81. The topological polar surface area (TPSA) is 3.88 Å². The normalized spacial score (nSPS) is 11.0. The number of benzene rings is 1. The van der Waals surface area contributed by atoms with Crippen LogP contribution in [0.5, 0.6) is 0 Å². The molecule has 0 atom stereocenters. The molecule has 0 fully saturated rings. The zero-order valence-corrected chi connectivity index (χ0v) is 22.0. The van der Waals surface area contributed by atoms with E-state index in [0.29, 0.717) is 0 Å². The van der Waals surface area contributed by atoms with Gasteiger partial charge in [-0.05, 0) is 30.7 Å². The van der Waals surface area contributed by atoms with E-state index in [9.17, 15) is 0 Å². The predicted molar refractivity (Wildman–Crippen MR) is 126 cm³/mol. The van der Waals surface area contributed by atoms with Crippen LogP contribution in [0.2, 0.25) is 0 Å². The van der Waals surface area contributed by atoms with Crippen LogP contribution in [-0.2, 0) is 13.5 Å². The van der Waals surface area contributed by atoms with Crippen LogP contribution in [0.1, 0.15) is 96.0 Å². The molecule has 3 heteroatoms. The number of aryl methyl sites for hydroxylation is 2. The second kappa shape index (κ2) is 16.4. The Balaban J connectivity index is 0.00000420. The van der Waals surface area contributed by atoms with E-state index >= 15 is 0 Å². The van der Waals surface area contributed by atoms with Crippen molar-refractivity contribution in [2.45, 2.75) is 102 Å². The molecular weight excluding hydrogens is 485 g/mol. The molecule has 1 aromatic carbocycles. The maximum Gasteiger partial charge on any atom is 0.240 e. The van der Waals surface area contributed by atoms with Crippen molar-refractivity contribution >= 4 is 22.7 Å². The van der Waals surface area contributed by atoms with Crippen molar-refractivity contribution < 1.29 is 28.5 Å². The molecule has 2 aromatic rings. The van der Waals surface area contributed by atoms with Crippen LogP contribution < -0.4 is 28.5 Å². The largest absolute Gasteiger partial charge is 1.00 e. The number of halogens is 1. The molecule has 0 N–H and O–H groups in total. The number of thioether (sulfide) groups is 1. The van der Waals surface area contributed by atoms with Crippen molar-refractivity contribution in [1.29, 1.82) is 0 Å². The summed E-state index contributed by atoms with van der Waals surface area (Å²) >= 11 is 1.85. The van der Waals surface area contributed by atoms with Gasteiger partial charge in [-0.25, -0.2) is 0 Å². The van der Waals surface area contributed by atoms with Crippen molar-refractivity contribution in [3.8, 4) is 0 Å². The maximum absolute atomic E-state index is 2.41. The quantitative estimate of drug-likeness (QED) is 0.136. The average Bonchev–Trinajstić information content (AvgIpc) is 2.73. The van der Waals surface area contributed by atoms with Gasteiger partial charge in [0, 0.05) is 17.5 Å². The Bertz CT molecular complexity index is 686. The molecule has 29 heavy (non-hydrogen) atoms. The second-order valence-electron chi connectivity index (χ2n) is 8.28. The number of para-hydroxylation sites is 1. The van der Waals surface area contributed by atoms with Crippen LogP contribution in [0.15, 0.2) is 35.4 Å². The van der Waals surface area contributed by atoms with Gasteiger partial charge in [0.2, 0.25) is 10.5 Å². The van der Waals surface area contributed by atoms with E-state index in [2.05, 4.69) is 55.1 Å². The minimum absolute atomic E-state index is 0. The SMILES string of the molecule is CCCCCCCCCCCCCCCc1cc(SC)[n+](C)c2ccccc12.[I-]. The van der Waals surface area contributed by atoms with Crippen molar-refractivity contribution in [3.63, 3.8) is 0 Å². The lowest BCUT2D eigenvalue weighted by Crippen LogP contribution is -3.00. The number of hydrogen-bond acceptors (Lipinski definition) is 1. The smallest absolute Gasteiger partial charge is 0.240 e. The van der Waals surface area contributed by atoms with Gasteiger partial charge in [0.25, 0.3) is 0 Å². The van der Waals surface area contributed by atoms with E-state index in [-0.39, 0.29) is 24.0 Å². The van der Waals surface area contributed by atoms with Gasteiger partial charge in [-0.1, -0.05) is 108 Å². The summed E-state index contributed by atoms with van der Waals surface area (Å²) in [5.41, 5.74) is 2.89. The van der Waals surface area contributed by atoms with E-state index in [0.717, 1.165) is 0 Å². The number of aromatic nitrogens is 1. The molecule has 0 bridgehead atoms. The fraction of sp³-hybridized carbons (Fsp3) is 0.654. The minimum atomic E-state index is 0. The lowest BCUT2D eigenvalue weighted by atomic mass is 10.0. The Morgan fingerprint density at radius 2 is 1.28 bits per heavy atom. The Morgan fingerprint density at radius 1 is 0.759 bits per heavy atom. The molecule has 164 valence electrons. The van der Waals surface area contributed by atoms with Crippen molar-refractivity contribution in [2.75, 3.05) is 6.26 Å². The van der Waals surface area contributed by atoms with Crippen LogP contribution in [0, 0.1) is 0 Å². The summed E-state index contributed by atoms with van der Waals surface area (Å²) in [4.78, 5) is 0. The molecule has 0 radical (unpaired) electrons. The molecule has 0 spiro atoms. The number of nitrogens with zero attached hydrogens (tertiary/aromatic N) is 1. The van der Waals surface area contributed by atoms with Gasteiger partial charge in [-0.3, -0.25) is 0 Å². The lowest BCUT2D eigenvalue weighted by Gasteiger charge is -2.08. The third-order valence-electron chi connectivity index (χ3n) is 6.00. The monoisotopic (exact) mass is 527 g/mol. The summed E-state index contributed by atoms with van der Waals surface area (Å²) in [6, 6.07) is 11.3. The predicted octanol–water partition coefficient (Wildman–Crippen LogP) is 5.02. The van der Waals surface area contributed by atoms with Crippen LogP contribution in [0.3, 0.4) is 0 Å². The molecule has 1 nitrogen and oxygen atoms in total. The first-order chi connectivity index (χ1) is 13.8. The van der Waals surface area contributed by atoms with E-state index in [1.165, 1.54) is 111 Å². The first kappa shape index (κ1) is 26.7. The van der Waals surface area contributed by atoms with E-state index < -0.39 is 0 Å². The van der Waals surface area contributed by atoms with Gasteiger partial charge in [0.15, 0.2) is 0 Å².